The van der Waals surface area contributed by atoms with Crippen LogP contribution in [0.3, 0.4) is 0 Å². The van der Waals surface area contributed by atoms with Gasteiger partial charge < -0.3 is 21.4 Å². The van der Waals surface area contributed by atoms with Crippen LogP contribution in [0, 0.1) is 0 Å². The Bertz CT molecular complexity index is 911. The van der Waals surface area contributed by atoms with Crippen LogP contribution in [0.5, 0.6) is 0 Å². The van der Waals surface area contributed by atoms with E-state index in [1.54, 1.807) is 0 Å². The van der Waals surface area contributed by atoms with Crippen molar-refractivity contribution in [1.82, 2.24) is 9.55 Å². The van der Waals surface area contributed by atoms with Gasteiger partial charge in [-0.05, 0) is 32.9 Å². The first kappa shape index (κ1) is 16.3. The molecule has 0 spiro atoms. The van der Waals surface area contributed by atoms with Crippen molar-refractivity contribution in [3.8, 4) is 0 Å². The quantitative estimate of drug-likeness (QED) is 0.671. The summed E-state index contributed by atoms with van der Waals surface area (Å²) in [6.07, 6.45) is 0. The van der Waals surface area contributed by atoms with E-state index in [-0.39, 0.29) is 12.1 Å². The molecular weight excluding hydrogens is 302 g/mol. The molecule has 0 saturated carbocycles. The maximum Gasteiger partial charge on any atom is 0.252 e. The second-order valence-corrected chi connectivity index (χ2v) is 6.52. The molecule has 5 N–H and O–H groups in total. The van der Waals surface area contributed by atoms with E-state index in [1.807, 2.05) is 51.1 Å². The number of aromatic nitrogens is 2. The first-order chi connectivity index (χ1) is 11.4. The third-order valence-corrected chi connectivity index (χ3v) is 3.90. The number of benzene rings is 1. The number of rotatable bonds is 5. The van der Waals surface area contributed by atoms with E-state index in [9.17, 15) is 4.79 Å². The highest BCUT2D eigenvalue weighted by Gasteiger charge is 2.18. The third-order valence-electron chi connectivity index (χ3n) is 3.90. The number of anilines is 1. The molecule has 0 unspecified atom stereocenters. The summed E-state index contributed by atoms with van der Waals surface area (Å²) in [5.74, 6) is 0.0234. The summed E-state index contributed by atoms with van der Waals surface area (Å²) in [5.41, 5.74) is 13.9. The van der Waals surface area contributed by atoms with Crippen molar-refractivity contribution in [2.24, 2.45) is 11.5 Å². The minimum atomic E-state index is -0.489. The van der Waals surface area contributed by atoms with E-state index in [1.165, 1.54) is 0 Å². The molecule has 3 rings (SSSR count). The molecule has 1 aromatic carbocycles. The van der Waals surface area contributed by atoms with Crippen molar-refractivity contribution in [3.63, 3.8) is 0 Å². The Labute approximate surface area is 140 Å². The van der Waals surface area contributed by atoms with Crippen LogP contribution in [-0.2, 0) is 6.54 Å². The fourth-order valence-electron chi connectivity index (χ4n) is 3.00. The zero-order valence-corrected chi connectivity index (χ0v) is 14.2. The number of pyridine rings is 1. The molecule has 0 aliphatic carbocycles. The summed E-state index contributed by atoms with van der Waals surface area (Å²) in [7, 11) is 0. The Kier molecular flexibility index (Phi) is 4.15. The summed E-state index contributed by atoms with van der Waals surface area (Å²) in [6, 6.07) is 9.98. The summed E-state index contributed by atoms with van der Waals surface area (Å²) in [6.45, 7) is 6.60. The zero-order chi connectivity index (χ0) is 17.4. The largest absolute Gasteiger partial charge is 0.367 e. The van der Waals surface area contributed by atoms with Crippen molar-refractivity contribution in [3.05, 3.63) is 35.9 Å². The van der Waals surface area contributed by atoms with Gasteiger partial charge in [0.05, 0.1) is 11.1 Å². The highest BCUT2D eigenvalue weighted by Crippen LogP contribution is 2.31. The first-order valence-electron chi connectivity index (χ1n) is 8.12. The van der Waals surface area contributed by atoms with Crippen LogP contribution < -0.4 is 16.8 Å². The fraction of sp³-hybridized carbons (Fsp3) is 0.333. The number of para-hydroxylation sites is 1. The number of hydrogen-bond donors (Lipinski definition) is 3. The number of nitrogens with zero attached hydrogens (tertiary/aromatic N) is 2. The predicted molar refractivity (Wildman–Crippen MR) is 98.2 cm³/mol. The van der Waals surface area contributed by atoms with Crippen LogP contribution in [0.15, 0.2) is 30.3 Å². The molecule has 1 atom stereocenters. The van der Waals surface area contributed by atoms with Gasteiger partial charge in [0.15, 0.2) is 0 Å². The number of carbonyl (C=O) groups is 1. The van der Waals surface area contributed by atoms with E-state index >= 15 is 0 Å². The van der Waals surface area contributed by atoms with Gasteiger partial charge in [0.2, 0.25) is 0 Å². The molecule has 0 radical (unpaired) electrons. The van der Waals surface area contributed by atoms with Crippen molar-refractivity contribution in [2.75, 3.05) is 5.32 Å². The number of nitrogens with two attached hydrogens (primary N) is 2. The molecule has 0 fully saturated rings. The van der Waals surface area contributed by atoms with Crippen molar-refractivity contribution in [2.45, 2.75) is 39.4 Å². The smallest absolute Gasteiger partial charge is 0.252 e. The summed E-state index contributed by atoms with van der Waals surface area (Å²) >= 11 is 0. The van der Waals surface area contributed by atoms with Crippen LogP contribution in [0.25, 0.3) is 21.9 Å². The molecule has 24 heavy (non-hydrogen) atoms. The lowest BCUT2D eigenvalue weighted by Crippen LogP contribution is -2.23. The van der Waals surface area contributed by atoms with E-state index < -0.39 is 5.91 Å². The lowest BCUT2D eigenvalue weighted by atomic mass is 10.1. The number of fused-ring (bicyclic) bond motifs is 3. The average Bonchev–Trinajstić information content (AvgIpc) is 2.79. The molecule has 1 amide bonds. The summed E-state index contributed by atoms with van der Waals surface area (Å²) < 4.78 is 2.10. The second-order valence-electron chi connectivity index (χ2n) is 6.52. The first-order valence-corrected chi connectivity index (χ1v) is 8.12. The Balaban J connectivity index is 2.37. The van der Waals surface area contributed by atoms with Crippen LogP contribution in [0.1, 0.15) is 31.1 Å². The Morgan fingerprint density at radius 2 is 1.96 bits per heavy atom. The normalized spacial score (nSPS) is 12.9. The van der Waals surface area contributed by atoms with Gasteiger partial charge >= 0.3 is 0 Å². The lowest BCUT2D eigenvalue weighted by Gasteiger charge is -2.14. The number of amides is 1. The van der Waals surface area contributed by atoms with Gasteiger partial charge in [-0.1, -0.05) is 18.2 Å². The molecule has 0 bridgehead atoms. The number of nitrogens with one attached hydrogen (secondary N) is 1. The van der Waals surface area contributed by atoms with Crippen molar-refractivity contribution in [1.29, 1.82) is 0 Å². The van der Waals surface area contributed by atoms with Crippen LogP contribution in [-0.4, -0.2) is 27.5 Å². The maximum absolute atomic E-state index is 11.9. The molecule has 3 aromatic rings. The van der Waals surface area contributed by atoms with Gasteiger partial charge in [0.1, 0.15) is 11.5 Å². The highest BCUT2D eigenvalue weighted by molar-refractivity contribution is 6.10. The van der Waals surface area contributed by atoms with Crippen LogP contribution in [0.2, 0.25) is 0 Å². The summed E-state index contributed by atoms with van der Waals surface area (Å²) in [5, 5.41) is 5.17. The third kappa shape index (κ3) is 2.80. The van der Waals surface area contributed by atoms with E-state index in [2.05, 4.69) is 9.88 Å². The second kappa shape index (κ2) is 6.13. The van der Waals surface area contributed by atoms with Crippen LogP contribution >= 0.6 is 0 Å². The van der Waals surface area contributed by atoms with Gasteiger partial charge in [-0.2, -0.15) is 0 Å². The van der Waals surface area contributed by atoms with Crippen molar-refractivity contribution < 1.29 is 4.79 Å². The molecule has 2 aromatic heterocycles. The Hall–Kier alpha value is -2.60. The molecule has 2 heterocycles. The Morgan fingerprint density at radius 3 is 2.58 bits per heavy atom. The highest BCUT2D eigenvalue weighted by atomic mass is 16.1. The van der Waals surface area contributed by atoms with Gasteiger partial charge in [-0.3, -0.25) is 4.79 Å². The van der Waals surface area contributed by atoms with Crippen LogP contribution in [0.4, 0.5) is 5.82 Å². The fourth-order valence-corrected chi connectivity index (χ4v) is 3.00. The molecule has 6 heteroatoms. The molecule has 126 valence electrons. The molecule has 0 saturated heterocycles. The molecule has 6 nitrogen and oxygen atoms in total. The van der Waals surface area contributed by atoms with E-state index in [0.717, 1.165) is 21.9 Å². The minimum absolute atomic E-state index is 0.0110. The van der Waals surface area contributed by atoms with E-state index in [4.69, 9.17) is 16.5 Å². The SMILES string of the molecule is CC(C)Nc1nc2c(cc1C(N)=O)c1ccccc1n2C[C@H](C)N. The Morgan fingerprint density at radius 1 is 1.25 bits per heavy atom. The average molecular weight is 325 g/mol. The molecular formula is C18H23N5O. The predicted octanol–water partition coefficient (Wildman–Crippen LogP) is 2.46. The topological polar surface area (TPSA) is 99.0 Å². The number of hydrogen-bond acceptors (Lipinski definition) is 4. The number of carbonyl (C=O) groups excluding carboxylic acids is 1. The standard InChI is InChI=1S/C18H23N5O/c1-10(2)21-17-14(16(20)24)8-13-12-6-4-5-7-15(12)23(9-11(3)19)18(13)22-17/h4-8,10-11H,9,19H2,1-3H3,(H2,20,24)(H,21,22)/t11-/m0/s1. The maximum atomic E-state index is 11.9. The van der Waals surface area contributed by atoms with Gasteiger partial charge in [-0.25, -0.2) is 4.98 Å². The summed E-state index contributed by atoms with van der Waals surface area (Å²) in [4.78, 5) is 16.6. The monoisotopic (exact) mass is 325 g/mol. The van der Waals surface area contributed by atoms with Gasteiger partial charge in [0.25, 0.3) is 5.91 Å². The number of primary amides is 1. The van der Waals surface area contributed by atoms with Gasteiger partial charge in [-0.15, -0.1) is 0 Å². The van der Waals surface area contributed by atoms with Gasteiger partial charge in [0, 0.05) is 29.4 Å². The zero-order valence-electron chi connectivity index (χ0n) is 14.2. The molecule has 0 aliphatic rings. The van der Waals surface area contributed by atoms with Crippen molar-refractivity contribution >= 4 is 33.7 Å². The lowest BCUT2D eigenvalue weighted by molar-refractivity contribution is 0.100. The van der Waals surface area contributed by atoms with E-state index in [0.29, 0.717) is 17.9 Å². The minimum Gasteiger partial charge on any atom is -0.367 e. The molecule has 0 aliphatic heterocycles.